The monoisotopic (exact) mass is 420 g/mol. The predicted molar refractivity (Wildman–Crippen MR) is 107 cm³/mol. The largest absolute Gasteiger partial charge is 0.360 e. The van der Waals surface area contributed by atoms with E-state index in [2.05, 4.69) is 22.4 Å². The van der Waals surface area contributed by atoms with E-state index >= 15 is 0 Å². The lowest BCUT2D eigenvalue weighted by Crippen LogP contribution is -2.48. The van der Waals surface area contributed by atoms with Crippen LogP contribution in [0.3, 0.4) is 0 Å². The van der Waals surface area contributed by atoms with Crippen molar-refractivity contribution in [1.29, 1.82) is 0 Å². The third kappa shape index (κ3) is 3.76. The molecule has 9 heteroatoms. The first-order valence-corrected chi connectivity index (χ1v) is 9.17. The van der Waals surface area contributed by atoms with Gasteiger partial charge in [-0.3, -0.25) is 9.69 Å². The van der Waals surface area contributed by atoms with E-state index in [0.717, 1.165) is 0 Å². The Morgan fingerprint density at radius 3 is 2.64 bits per heavy atom. The molecule has 0 saturated carbocycles. The summed E-state index contributed by atoms with van der Waals surface area (Å²) in [6.07, 6.45) is 1.57. The summed E-state index contributed by atoms with van der Waals surface area (Å²) in [6, 6.07) is 5.37. The Kier molecular flexibility index (Phi) is 5.76. The van der Waals surface area contributed by atoms with Gasteiger partial charge in [-0.1, -0.05) is 40.5 Å². The van der Waals surface area contributed by atoms with Crippen molar-refractivity contribution in [3.05, 3.63) is 69.6 Å². The van der Waals surface area contributed by atoms with Gasteiger partial charge in [0.15, 0.2) is 5.82 Å². The molecule has 0 saturated heterocycles. The Balaban J connectivity index is 2.10. The quantitative estimate of drug-likeness (QED) is 0.699. The molecule has 1 aromatic carbocycles. The number of amides is 3. The predicted octanol–water partition coefficient (Wildman–Crippen LogP) is 4.45. The van der Waals surface area contributed by atoms with Crippen LogP contribution >= 0.6 is 23.2 Å². The van der Waals surface area contributed by atoms with Crippen LogP contribution in [-0.4, -0.2) is 28.5 Å². The van der Waals surface area contributed by atoms with E-state index in [4.69, 9.17) is 27.7 Å². The Labute approximate surface area is 172 Å². The SMILES string of the molecule is C=CCN1C(=O)N[C@H](c2c(Cl)cccc2Cl)C(C(=O)Nc2cc(C)on2)=C1C. The van der Waals surface area contributed by atoms with E-state index in [0.29, 0.717) is 27.1 Å². The maximum atomic E-state index is 13.1. The van der Waals surface area contributed by atoms with Crippen LogP contribution in [0.25, 0.3) is 0 Å². The highest BCUT2D eigenvalue weighted by Gasteiger charge is 2.37. The summed E-state index contributed by atoms with van der Waals surface area (Å²) >= 11 is 12.7. The zero-order valence-corrected chi connectivity index (χ0v) is 16.8. The third-order valence-corrected chi connectivity index (χ3v) is 4.97. The van der Waals surface area contributed by atoms with Gasteiger partial charge in [0.1, 0.15) is 5.76 Å². The minimum atomic E-state index is -0.831. The molecular formula is C19H18Cl2N4O3. The average Bonchev–Trinajstić information content (AvgIpc) is 3.03. The highest BCUT2D eigenvalue weighted by Crippen LogP contribution is 2.38. The summed E-state index contributed by atoms with van der Waals surface area (Å²) in [5.74, 6) is 0.358. The van der Waals surface area contributed by atoms with E-state index in [9.17, 15) is 9.59 Å². The molecule has 146 valence electrons. The van der Waals surface area contributed by atoms with Crippen LogP contribution in [0.1, 0.15) is 24.3 Å². The molecule has 0 bridgehead atoms. The van der Waals surface area contributed by atoms with Crippen LogP contribution in [0.15, 0.2) is 52.7 Å². The topological polar surface area (TPSA) is 87.5 Å². The van der Waals surface area contributed by atoms with E-state index in [1.807, 2.05) is 0 Å². The number of rotatable bonds is 5. The van der Waals surface area contributed by atoms with Crippen LogP contribution in [0, 0.1) is 6.92 Å². The summed E-state index contributed by atoms with van der Waals surface area (Å²) in [6.45, 7) is 7.29. The van der Waals surface area contributed by atoms with Crippen molar-refractivity contribution in [1.82, 2.24) is 15.4 Å². The smallest absolute Gasteiger partial charge is 0.322 e. The van der Waals surface area contributed by atoms with Crippen LogP contribution in [0.5, 0.6) is 0 Å². The Bertz CT molecular complexity index is 963. The fourth-order valence-electron chi connectivity index (χ4n) is 3.04. The summed E-state index contributed by atoms with van der Waals surface area (Å²) in [5, 5.41) is 9.95. The second-order valence-corrected chi connectivity index (χ2v) is 7.01. The van der Waals surface area contributed by atoms with Gasteiger partial charge < -0.3 is 15.2 Å². The van der Waals surface area contributed by atoms with Crippen molar-refractivity contribution in [3.8, 4) is 0 Å². The molecule has 1 atom stereocenters. The fraction of sp³-hybridized carbons (Fsp3) is 0.211. The molecule has 2 heterocycles. The lowest BCUT2D eigenvalue weighted by Gasteiger charge is -2.35. The molecule has 1 aliphatic heterocycles. The molecule has 2 aromatic rings. The first-order valence-electron chi connectivity index (χ1n) is 8.41. The number of urea groups is 1. The number of carbonyl (C=O) groups excluding carboxylic acids is 2. The maximum absolute atomic E-state index is 13.1. The van der Waals surface area contributed by atoms with Gasteiger partial charge in [-0.2, -0.15) is 0 Å². The van der Waals surface area contributed by atoms with Crippen LogP contribution in [-0.2, 0) is 4.79 Å². The number of hydrogen-bond acceptors (Lipinski definition) is 4. The van der Waals surface area contributed by atoms with Crippen LogP contribution in [0.4, 0.5) is 10.6 Å². The third-order valence-electron chi connectivity index (χ3n) is 4.31. The van der Waals surface area contributed by atoms with Gasteiger partial charge in [-0.05, 0) is 26.0 Å². The number of nitrogens with zero attached hydrogens (tertiary/aromatic N) is 2. The standard InChI is InChI=1S/C19H18Cl2N4O3/c1-4-8-25-11(3)15(18(26)22-14-9-10(2)28-24-14)17(23-19(25)27)16-12(20)6-5-7-13(16)21/h4-7,9,17H,1,8H2,2-3H3,(H,23,27)(H,22,24,26)/t17-/m0/s1. The van der Waals surface area contributed by atoms with Crippen molar-refractivity contribution in [2.24, 2.45) is 0 Å². The van der Waals surface area contributed by atoms with Crippen molar-refractivity contribution in [3.63, 3.8) is 0 Å². The fourth-order valence-corrected chi connectivity index (χ4v) is 3.65. The minimum Gasteiger partial charge on any atom is -0.360 e. The Hall–Kier alpha value is -2.77. The van der Waals surface area contributed by atoms with Crippen LogP contribution in [0.2, 0.25) is 10.0 Å². The molecule has 1 aromatic heterocycles. The van der Waals surface area contributed by atoms with Gasteiger partial charge in [0.05, 0.1) is 11.6 Å². The average molecular weight is 421 g/mol. The highest BCUT2D eigenvalue weighted by atomic mass is 35.5. The molecule has 3 rings (SSSR count). The number of benzene rings is 1. The van der Waals surface area contributed by atoms with Gasteiger partial charge in [0.25, 0.3) is 5.91 Å². The molecule has 0 radical (unpaired) electrons. The number of hydrogen-bond donors (Lipinski definition) is 2. The zero-order chi connectivity index (χ0) is 20.4. The number of halogens is 2. The van der Waals surface area contributed by atoms with Crippen molar-refractivity contribution in [2.45, 2.75) is 19.9 Å². The number of anilines is 1. The lowest BCUT2D eigenvalue weighted by molar-refractivity contribution is -0.113. The number of nitrogens with one attached hydrogen (secondary N) is 2. The first-order chi connectivity index (χ1) is 13.3. The molecule has 0 fully saturated rings. The minimum absolute atomic E-state index is 0.237. The molecule has 0 aliphatic carbocycles. The number of aryl methyl sites for hydroxylation is 1. The molecule has 1 aliphatic rings. The Morgan fingerprint density at radius 2 is 2.07 bits per heavy atom. The van der Waals surface area contributed by atoms with Gasteiger partial charge in [0, 0.05) is 33.9 Å². The lowest BCUT2D eigenvalue weighted by atomic mass is 9.94. The van der Waals surface area contributed by atoms with Crippen molar-refractivity contribution in [2.75, 3.05) is 11.9 Å². The molecule has 7 nitrogen and oxygen atoms in total. The van der Waals surface area contributed by atoms with E-state index in [1.165, 1.54) is 4.90 Å². The molecule has 0 spiro atoms. The van der Waals surface area contributed by atoms with E-state index in [-0.39, 0.29) is 24.0 Å². The molecule has 3 amide bonds. The first kappa shape index (κ1) is 20.0. The number of carbonyl (C=O) groups is 2. The Morgan fingerprint density at radius 1 is 1.39 bits per heavy atom. The summed E-state index contributed by atoms with van der Waals surface area (Å²) in [5.41, 5.74) is 1.19. The zero-order valence-electron chi connectivity index (χ0n) is 15.3. The number of allylic oxidation sites excluding steroid dienone is 1. The van der Waals surface area contributed by atoms with Gasteiger partial charge >= 0.3 is 6.03 Å². The van der Waals surface area contributed by atoms with Gasteiger partial charge in [-0.15, -0.1) is 6.58 Å². The van der Waals surface area contributed by atoms with Crippen molar-refractivity contribution < 1.29 is 14.1 Å². The second kappa shape index (κ2) is 8.08. The van der Waals surface area contributed by atoms with Gasteiger partial charge in [0.2, 0.25) is 0 Å². The molecular weight excluding hydrogens is 403 g/mol. The summed E-state index contributed by atoms with van der Waals surface area (Å²) < 4.78 is 4.99. The van der Waals surface area contributed by atoms with E-state index in [1.54, 1.807) is 44.2 Å². The van der Waals surface area contributed by atoms with Gasteiger partial charge in [-0.25, -0.2) is 4.79 Å². The highest BCUT2D eigenvalue weighted by molar-refractivity contribution is 6.36. The molecule has 28 heavy (non-hydrogen) atoms. The second-order valence-electron chi connectivity index (χ2n) is 6.19. The normalized spacial score (nSPS) is 16.8. The van der Waals surface area contributed by atoms with Crippen molar-refractivity contribution >= 4 is 41.0 Å². The molecule has 0 unspecified atom stereocenters. The summed E-state index contributed by atoms with van der Waals surface area (Å²) in [4.78, 5) is 27.1. The number of aromatic nitrogens is 1. The van der Waals surface area contributed by atoms with Crippen LogP contribution < -0.4 is 10.6 Å². The van der Waals surface area contributed by atoms with E-state index < -0.39 is 11.9 Å². The maximum Gasteiger partial charge on any atom is 0.322 e. The molecule has 2 N–H and O–H groups in total. The summed E-state index contributed by atoms with van der Waals surface area (Å²) in [7, 11) is 0.